The van der Waals surface area contributed by atoms with E-state index in [2.05, 4.69) is 34.3 Å². The molecule has 1 aliphatic heterocycles. The number of piperazine rings is 1. The second kappa shape index (κ2) is 7.10. The highest BCUT2D eigenvalue weighted by atomic mass is 35.5. The van der Waals surface area contributed by atoms with Crippen LogP contribution in [0.4, 0.5) is 0 Å². The lowest BCUT2D eigenvalue weighted by atomic mass is 10.1. The van der Waals surface area contributed by atoms with E-state index in [-0.39, 0.29) is 0 Å². The maximum Gasteiger partial charge on any atom is 0.0408 e. The molecule has 3 nitrogen and oxygen atoms in total. The van der Waals surface area contributed by atoms with Crippen LogP contribution in [0.2, 0.25) is 5.02 Å². The number of benzene rings is 1. The minimum atomic E-state index is 0.603. The van der Waals surface area contributed by atoms with Gasteiger partial charge in [0.2, 0.25) is 0 Å². The molecule has 1 unspecified atom stereocenters. The van der Waals surface area contributed by atoms with Crippen molar-refractivity contribution in [3.05, 3.63) is 34.3 Å². The maximum atomic E-state index is 6.06. The summed E-state index contributed by atoms with van der Waals surface area (Å²) in [4.78, 5) is 5.00. The Hall–Kier alpha value is -0.610. The molecule has 0 saturated carbocycles. The van der Waals surface area contributed by atoms with Gasteiger partial charge in [0, 0.05) is 37.2 Å². The Labute approximate surface area is 133 Å². The topological polar surface area (TPSA) is 18.5 Å². The molecule has 0 spiro atoms. The lowest BCUT2D eigenvalue weighted by molar-refractivity contribution is 0.152. The van der Waals surface area contributed by atoms with Gasteiger partial charge in [-0.25, -0.2) is 0 Å². The summed E-state index contributed by atoms with van der Waals surface area (Å²) >= 11 is 6.06. The van der Waals surface area contributed by atoms with Gasteiger partial charge in [-0.15, -0.1) is 0 Å². The number of fused-ring (bicyclic) bond motifs is 1. The van der Waals surface area contributed by atoms with E-state index in [1.807, 2.05) is 6.07 Å². The molecule has 1 N–H and O–H groups in total. The molecule has 1 heterocycles. The third-order valence-corrected chi connectivity index (χ3v) is 5.02. The summed E-state index contributed by atoms with van der Waals surface area (Å²) in [6.07, 6.45) is 3.53. The Balaban J connectivity index is 1.34. The standard InChI is InChI=1S/C17H26ClN3/c1-20-7-9-21(10-8-20)6-2-5-19-17-12-14-3-4-16(18)11-15(14)13-17/h3-4,11,17,19H,2,5-10,12-13H2,1H3. The van der Waals surface area contributed by atoms with Gasteiger partial charge in [-0.05, 0) is 62.7 Å². The smallest absolute Gasteiger partial charge is 0.0408 e. The van der Waals surface area contributed by atoms with Crippen LogP contribution in [0.15, 0.2) is 18.2 Å². The average molecular weight is 308 g/mol. The van der Waals surface area contributed by atoms with Crippen LogP contribution in [-0.2, 0) is 12.8 Å². The summed E-state index contributed by atoms with van der Waals surface area (Å²) in [6, 6.07) is 6.92. The number of rotatable bonds is 5. The molecule has 1 aromatic carbocycles. The van der Waals surface area contributed by atoms with Crippen molar-refractivity contribution in [3.63, 3.8) is 0 Å². The fourth-order valence-electron chi connectivity index (χ4n) is 3.41. The minimum Gasteiger partial charge on any atom is -0.313 e. The van der Waals surface area contributed by atoms with Crippen molar-refractivity contribution in [2.24, 2.45) is 0 Å². The van der Waals surface area contributed by atoms with E-state index in [1.165, 1.54) is 50.3 Å². The van der Waals surface area contributed by atoms with E-state index in [0.717, 1.165) is 24.4 Å². The van der Waals surface area contributed by atoms with Gasteiger partial charge in [-0.1, -0.05) is 17.7 Å². The Kier molecular flexibility index (Phi) is 5.17. The molecule has 0 amide bonds. The van der Waals surface area contributed by atoms with Gasteiger partial charge in [-0.3, -0.25) is 0 Å². The number of halogens is 1. The molecule has 0 aromatic heterocycles. The van der Waals surface area contributed by atoms with Gasteiger partial charge in [0.15, 0.2) is 0 Å². The fraction of sp³-hybridized carbons (Fsp3) is 0.647. The number of hydrogen-bond acceptors (Lipinski definition) is 3. The zero-order chi connectivity index (χ0) is 14.7. The van der Waals surface area contributed by atoms with Crippen LogP contribution in [0.5, 0.6) is 0 Å². The van der Waals surface area contributed by atoms with E-state index in [1.54, 1.807) is 0 Å². The Morgan fingerprint density at radius 2 is 1.90 bits per heavy atom. The molecule has 1 fully saturated rings. The monoisotopic (exact) mass is 307 g/mol. The van der Waals surface area contributed by atoms with Crippen molar-refractivity contribution in [2.45, 2.75) is 25.3 Å². The van der Waals surface area contributed by atoms with Crippen molar-refractivity contribution in [3.8, 4) is 0 Å². The SMILES string of the molecule is CN1CCN(CCCNC2Cc3ccc(Cl)cc3C2)CC1. The molecule has 0 radical (unpaired) electrons. The number of hydrogen-bond donors (Lipinski definition) is 1. The average Bonchev–Trinajstić information content (AvgIpc) is 2.87. The maximum absolute atomic E-state index is 6.06. The molecular formula is C17H26ClN3. The first-order chi connectivity index (χ1) is 10.2. The third kappa shape index (κ3) is 4.19. The Morgan fingerprint density at radius 3 is 2.71 bits per heavy atom. The summed E-state index contributed by atoms with van der Waals surface area (Å²) in [6.45, 7) is 7.23. The molecule has 2 aliphatic rings. The van der Waals surface area contributed by atoms with Crippen LogP contribution in [0, 0.1) is 0 Å². The molecule has 1 saturated heterocycles. The first kappa shape index (κ1) is 15.3. The van der Waals surface area contributed by atoms with Gasteiger partial charge in [0.1, 0.15) is 0 Å². The van der Waals surface area contributed by atoms with E-state index in [0.29, 0.717) is 6.04 Å². The number of likely N-dealkylation sites (N-methyl/N-ethyl adjacent to an activating group) is 1. The van der Waals surface area contributed by atoms with Crippen LogP contribution in [0.3, 0.4) is 0 Å². The molecule has 116 valence electrons. The first-order valence-electron chi connectivity index (χ1n) is 8.12. The lowest BCUT2D eigenvalue weighted by Gasteiger charge is -2.32. The van der Waals surface area contributed by atoms with E-state index in [4.69, 9.17) is 11.6 Å². The van der Waals surface area contributed by atoms with Crippen LogP contribution in [0.1, 0.15) is 17.5 Å². The van der Waals surface area contributed by atoms with Crippen LogP contribution in [-0.4, -0.2) is 62.2 Å². The summed E-state index contributed by atoms with van der Waals surface area (Å²) in [5.74, 6) is 0. The normalized spacial score (nSPS) is 23.4. The second-order valence-electron chi connectivity index (χ2n) is 6.47. The lowest BCUT2D eigenvalue weighted by Crippen LogP contribution is -2.45. The van der Waals surface area contributed by atoms with E-state index in [9.17, 15) is 0 Å². The molecule has 21 heavy (non-hydrogen) atoms. The van der Waals surface area contributed by atoms with Crippen molar-refractivity contribution >= 4 is 11.6 Å². The van der Waals surface area contributed by atoms with Crippen molar-refractivity contribution in [2.75, 3.05) is 46.3 Å². The van der Waals surface area contributed by atoms with Crippen LogP contribution >= 0.6 is 11.6 Å². The molecule has 1 aromatic rings. The largest absolute Gasteiger partial charge is 0.313 e. The molecule has 1 atom stereocenters. The van der Waals surface area contributed by atoms with Crippen molar-refractivity contribution in [1.29, 1.82) is 0 Å². The first-order valence-corrected chi connectivity index (χ1v) is 8.50. The van der Waals surface area contributed by atoms with Gasteiger partial charge >= 0.3 is 0 Å². The predicted molar refractivity (Wildman–Crippen MR) is 89.2 cm³/mol. The number of nitrogens with one attached hydrogen (secondary N) is 1. The molecular weight excluding hydrogens is 282 g/mol. The van der Waals surface area contributed by atoms with Gasteiger partial charge in [0.25, 0.3) is 0 Å². The molecule has 0 bridgehead atoms. The second-order valence-corrected chi connectivity index (χ2v) is 6.91. The summed E-state index contributed by atoms with van der Waals surface area (Å²) in [5, 5.41) is 4.58. The van der Waals surface area contributed by atoms with Gasteiger partial charge < -0.3 is 15.1 Å². The Morgan fingerprint density at radius 1 is 1.14 bits per heavy atom. The highest BCUT2D eigenvalue weighted by Crippen LogP contribution is 2.25. The van der Waals surface area contributed by atoms with Crippen LogP contribution < -0.4 is 5.32 Å². The molecule has 4 heteroatoms. The summed E-state index contributed by atoms with van der Waals surface area (Å²) < 4.78 is 0. The fourth-order valence-corrected chi connectivity index (χ4v) is 3.61. The van der Waals surface area contributed by atoms with E-state index >= 15 is 0 Å². The highest BCUT2D eigenvalue weighted by molar-refractivity contribution is 6.30. The number of nitrogens with zero attached hydrogens (tertiary/aromatic N) is 2. The minimum absolute atomic E-state index is 0.603. The zero-order valence-electron chi connectivity index (χ0n) is 12.9. The molecule has 1 aliphatic carbocycles. The van der Waals surface area contributed by atoms with Gasteiger partial charge in [-0.2, -0.15) is 0 Å². The Bertz CT molecular complexity index is 469. The molecule has 3 rings (SSSR count). The van der Waals surface area contributed by atoms with Gasteiger partial charge in [0.05, 0.1) is 0 Å². The van der Waals surface area contributed by atoms with Crippen molar-refractivity contribution < 1.29 is 0 Å². The summed E-state index contributed by atoms with van der Waals surface area (Å²) in [7, 11) is 2.21. The van der Waals surface area contributed by atoms with Crippen molar-refractivity contribution in [1.82, 2.24) is 15.1 Å². The highest BCUT2D eigenvalue weighted by Gasteiger charge is 2.21. The van der Waals surface area contributed by atoms with Crippen LogP contribution in [0.25, 0.3) is 0 Å². The predicted octanol–water partition coefficient (Wildman–Crippen LogP) is 2.03. The van der Waals surface area contributed by atoms with E-state index < -0.39 is 0 Å². The third-order valence-electron chi connectivity index (χ3n) is 4.78. The quantitative estimate of drug-likeness (QED) is 0.840. The zero-order valence-corrected chi connectivity index (χ0v) is 13.7. The summed E-state index contributed by atoms with van der Waals surface area (Å²) in [5.41, 5.74) is 2.90.